The molecule has 3 aromatic rings. The van der Waals surface area contributed by atoms with Crippen molar-refractivity contribution >= 4 is 38.3 Å². The highest BCUT2D eigenvalue weighted by Crippen LogP contribution is 2.24. The molecule has 1 aromatic heterocycles. The van der Waals surface area contributed by atoms with Crippen molar-refractivity contribution in [2.45, 2.75) is 6.54 Å². The molecule has 0 radical (unpaired) electrons. The summed E-state index contributed by atoms with van der Waals surface area (Å²) in [5.41, 5.74) is 0.989. The zero-order chi connectivity index (χ0) is 16.2. The lowest BCUT2D eigenvalue weighted by Crippen LogP contribution is -2.28. The maximum absolute atomic E-state index is 11.9. The molecule has 0 saturated heterocycles. The lowest BCUT2D eigenvalue weighted by Gasteiger charge is -2.08. The van der Waals surface area contributed by atoms with E-state index < -0.39 is 11.0 Å². The number of fused-ring (bicyclic) bond motifs is 1. The summed E-state index contributed by atoms with van der Waals surface area (Å²) in [5, 5.41) is 18.0. The van der Waals surface area contributed by atoms with E-state index in [-0.39, 0.29) is 10.1 Å². The Morgan fingerprint density at radius 2 is 2.00 bits per heavy atom. The van der Waals surface area contributed by atoms with E-state index in [2.05, 4.69) is 15.6 Å². The van der Waals surface area contributed by atoms with Crippen molar-refractivity contribution in [2.24, 2.45) is 0 Å². The fourth-order valence-corrected chi connectivity index (χ4v) is 2.80. The third-order valence-electron chi connectivity index (χ3n) is 3.21. The molecule has 0 saturated carbocycles. The van der Waals surface area contributed by atoms with Crippen LogP contribution in [0.3, 0.4) is 0 Å². The summed E-state index contributed by atoms with van der Waals surface area (Å²) in [6, 6.07) is 13.3. The SMILES string of the molecule is O=C(NCc1cccc2ccccc12)Nc1ncc([N+](=O)[O-])s1. The number of thiazole rings is 1. The van der Waals surface area contributed by atoms with Gasteiger partial charge >= 0.3 is 11.0 Å². The van der Waals surface area contributed by atoms with Gasteiger partial charge in [-0.25, -0.2) is 9.78 Å². The number of aromatic nitrogens is 1. The number of carbonyl (C=O) groups is 1. The molecule has 0 aliphatic heterocycles. The Kier molecular flexibility index (Phi) is 4.15. The van der Waals surface area contributed by atoms with Crippen LogP contribution in [0.1, 0.15) is 5.56 Å². The maximum Gasteiger partial charge on any atom is 0.345 e. The first-order chi connectivity index (χ1) is 11.1. The molecule has 2 aromatic carbocycles. The molecule has 0 spiro atoms. The predicted octanol–water partition coefficient (Wildman–Crippen LogP) is 3.53. The van der Waals surface area contributed by atoms with Crippen LogP contribution in [0.5, 0.6) is 0 Å². The zero-order valence-corrected chi connectivity index (χ0v) is 12.7. The highest BCUT2D eigenvalue weighted by Gasteiger charge is 2.13. The van der Waals surface area contributed by atoms with Crippen LogP contribution in [0.25, 0.3) is 10.8 Å². The van der Waals surface area contributed by atoms with Crippen LogP contribution in [0.4, 0.5) is 14.9 Å². The molecule has 8 heteroatoms. The van der Waals surface area contributed by atoms with Crippen molar-refractivity contribution in [3.8, 4) is 0 Å². The first-order valence-electron chi connectivity index (χ1n) is 6.75. The van der Waals surface area contributed by atoms with E-state index in [0.717, 1.165) is 33.9 Å². The summed E-state index contributed by atoms with van der Waals surface area (Å²) < 4.78 is 0. The molecule has 2 N–H and O–H groups in total. The summed E-state index contributed by atoms with van der Waals surface area (Å²) in [4.78, 5) is 25.7. The smallest absolute Gasteiger partial charge is 0.334 e. The van der Waals surface area contributed by atoms with Gasteiger partial charge in [0.15, 0.2) is 5.13 Å². The quantitative estimate of drug-likeness (QED) is 0.565. The van der Waals surface area contributed by atoms with Crippen LogP contribution >= 0.6 is 11.3 Å². The van der Waals surface area contributed by atoms with Gasteiger partial charge in [-0.3, -0.25) is 15.4 Å². The topological polar surface area (TPSA) is 97.2 Å². The fourth-order valence-electron chi connectivity index (χ4n) is 2.17. The third-order valence-corrected chi connectivity index (χ3v) is 4.08. The van der Waals surface area contributed by atoms with Crippen molar-refractivity contribution in [3.63, 3.8) is 0 Å². The Morgan fingerprint density at radius 1 is 1.22 bits per heavy atom. The van der Waals surface area contributed by atoms with Crippen molar-refractivity contribution in [2.75, 3.05) is 5.32 Å². The number of nitrogens with one attached hydrogen (secondary N) is 2. The lowest BCUT2D eigenvalue weighted by atomic mass is 10.0. The number of anilines is 1. The van der Waals surface area contributed by atoms with Crippen LogP contribution < -0.4 is 10.6 Å². The molecule has 7 nitrogen and oxygen atoms in total. The van der Waals surface area contributed by atoms with Gasteiger partial charge in [-0.2, -0.15) is 0 Å². The molecule has 0 atom stereocenters. The van der Waals surface area contributed by atoms with E-state index in [1.807, 2.05) is 42.5 Å². The van der Waals surface area contributed by atoms with E-state index in [1.165, 1.54) is 0 Å². The van der Waals surface area contributed by atoms with Crippen LogP contribution in [0.2, 0.25) is 0 Å². The molecule has 0 aliphatic carbocycles. The van der Waals surface area contributed by atoms with E-state index in [9.17, 15) is 14.9 Å². The summed E-state index contributed by atoms with van der Waals surface area (Å²) in [5.74, 6) is 0. The van der Waals surface area contributed by atoms with Gasteiger partial charge in [0.1, 0.15) is 6.20 Å². The average Bonchev–Trinajstić information content (AvgIpc) is 3.01. The zero-order valence-electron chi connectivity index (χ0n) is 11.9. The van der Waals surface area contributed by atoms with E-state index in [1.54, 1.807) is 0 Å². The number of rotatable bonds is 4. The minimum atomic E-state index is -0.545. The minimum Gasteiger partial charge on any atom is -0.334 e. The van der Waals surface area contributed by atoms with Crippen LogP contribution in [-0.2, 0) is 6.54 Å². The molecule has 1 heterocycles. The molecule has 0 bridgehead atoms. The second kappa shape index (κ2) is 6.41. The van der Waals surface area contributed by atoms with Crippen molar-refractivity contribution in [1.29, 1.82) is 0 Å². The summed E-state index contributed by atoms with van der Waals surface area (Å²) >= 11 is 0.811. The second-order valence-corrected chi connectivity index (χ2v) is 5.72. The van der Waals surface area contributed by atoms with Gasteiger partial charge in [-0.15, -0.1) is 0 Å². The Morgan fingerprint density at radius 3 is 2.78 bits per heavy atom. The number of benzene rings is 2. The van der Waals surface area contributed by atoms with Crippen molar-refractivity contribution < 1.29 is 9.72 Å². The normalized spacial score (nSPS) is 10.4. The van der Waals surface area contributed by atoms with Gasteiger partial charge < -0.3 is 5.32 Å². The third kappa shape index (κ3) is 3.43. The number of nitrogens with zero attached hydrogens (tertiary/aromatic N) is 2. The molecule has 23 heavy (non-hydrogen) atoms. The Balaban J connectivity index is 1.65. The Bertz CT molecular complexity index is 873. The largest absolute Gasteiger partial charge is 0.345 e. The van der Waals surface area contributed by atoms with E-state index in [0.29, 0.717) is 6.54 Å². The number of hydrogen-bond acceptors (Lipinski definition) is 5. The number of amides is 2. The molecule has 0 fully saturated rings. The van der Waals surface area contributed by atoms with Gasteiger partial charge in [0.25, 0.3) is 0 Å². The van der Waals surface area contributed by atoms with Crippen molar-refractivity contribution in [1.82, 2.24) is 10.3 Å². The Labute approximate surface area is 135 Å². The molecular weight excluding hydrogens is 316 g/mol. The first kappa shape index (κ1) is 14.9. The van der Waals surface area contributed by atoms with Gasteiger partial charge in [0.05, 0.1) is 4.92 Å². The number of urea groups is 1. The highest BCUT2D eigenvalue weighted by molar-refractivity contribution is 7.18. The monoisotopic (exact) mass is 328 g/mol. The number of hydrogen-bond donors (Lipinski definition) is 2. The van der Waals surface area contributed by atoms with E-state index in [4.69, 9.17) is 0 Å². The van der Waals surface area contributed by atoms with Gasteiger partial charge in [-0.1, -0.05) is 42.5 Å². The molecule has 0 aliphatic rings. The predicted molar refractivity (Wildman–Crippen MR) is 88.6 cm³/mol. The maximum atomic E-state index is 11.9. The second-order valence-electron chi connectivity index (χ2n) is 4.71. The van der Waals surface area contributed by atoms with Gasteiger partial charge in [0.2, 0.25) is 0 Å². The van der Waals surface area contributed by atoms with Gasteiger partial charge in [-0.05, 0) is 27.7 Å². The summed E-state index contributed by atoms with van der Waals surface area (Å²) in [6.07, 6.45) is 1.12. The summed E-state index contributed by atoms with van der Waals surface area (Å²) in [6.45, 7) is 0.348. The standard InChI is InChI=1S/C15H12N4O3S/c20-14(18-15-17-9-13(23-15)19(21)22)16-8-11-6-3-5-10-4-1-2-7-12(10)11/h1-7,9H,8H2,(H2,16,17,18,20). The highest BCUT2D eigenvalue weighted by atomic mass is 32.1. The minimum absolute atomic E-state index is 0.116. The average molecular weight is 328 g/mol. The molecule has 3 rings (SSSR count). The molecular formula is C15H12N4O3S. The lowest BCUT2D eigenvalue weighted by molar-refractivity contribution is -0.380. The summed E-state index contributed by atoms with van der Waals surface area (Å²) in [7, 11) is 0. The Hall–Kier alpha value is -3.00. The van der Waals surface area contributed by atoms with Crippen molar-refractivity contribution in [3.05, 3.63) is 64.3 Å². The van der Waals surface area contributed by atoms with Crippen LogP contribution in [0, 0.1) is 10.1 Å². The first-order valence-corrected chi connectivity index (χ1v) is 7.57. The van der Waals surface area contributed by atoms with E-state index >= 15 is 0 Å². The molecule has 2 amide bonds. The molecule has 0 unspecified atom stereocenters. The van der Waals surface area contributed by atoms with Crippen LogP contribution in [-0.4, -0.2) is 15.9 Å². The number of nitro groups is 1. The number of carbonyl (C=O) groups excluding carboxylic acids is 1. The van der Waals surface area contributed by atoms with Gasteiger partial charge in [0, 0.05) is 6.54 Å². The van der Waals surface area contributed by atoms with Crippen LogP contribution in [0.15, 0.2) is 48.7 Å². The fraction of sp³-hybridized carbons (Fsp3) is 0.0667. The molecule has 116 valence electrons.